The second-order valence-electron chi connectivity index (χ2n) is 9.55. The van der Waals surface area contributed by atoms with Gasteiger partial charge in [-0.3, -0.25) is 0 Å². The molecule has 35 heavy (non-hydrogen) atoms. The molecule has 5 heterocycles. The monoisotopic (exact) mass is 472 g/mol. The highest BCUT2D eigenvalue weighted by Gasteiger charge is 2.40. The Balaban J connectivity index is 1.39. The zero-order chi connectivity index (χ0) is 23.8. The fourth-order valence-corrected chi connectivity index (χ4v) is 5.43. The number of rotatable bonds is 6. The van der Waals surface area contributed by atoms with E-state index in [1.165, 1.54) is 5.56 Å². The van der Waals surface area contributed by atoms with Crippen LogP contribution in [0.4, 0.5) is 17.3 Å². The van der Waals surface area contributed by atoms with Crippen molar-refractivity contribution >= 4 is 17.3 Å². The van der Waals surface area contributed by atoms with Crippen molar-refractivity contribution in [3.8, 4) is 11.4 Å². The topological polar surface area (TPSA) is 91.3 Å². The number of anilines is 3. The van der Waals surface area contributed by atoms with Crippen LogP contribution in [0.2, 0.25) is 0 Å². The highest BCUT2D eigenvalue weighted by molar-refractivity contribution is 5.65. The Labute approximate surface area is 205 Å². The van der Waals surface area contributed by atoms with Crippen molar-refractivity contribution in [3.63, 3.8) is 0 Å². The molecule has 2 bridgehead atoms. The van der Waals surface area contributed by atoms with Crippen molar-refractivity contribution < 1.29 is 4.74 Å². The van der Waals surface area contributed by atoms with Gasteiger partial charge in [0.05, 0.1) is 37.5 Å². The SMILES string of the molecule is CCNNc1ccc(-c2nc3c(c(N4C5CCC4COC5)n2)CCN(c2cc(C)ncn2)C3)cc1. The van der Waals surface area contributed by atoms with E-state index in [9.17, 15) is 0 Å². The quantitative estimate of drug-likeness (QED) is 0.525. The lowest BCUT2D eigenvalue weighted by atomic mass is 10.0. The van der Waals surface area contributed by atoms with Crippen molar-refractivity contribution in [2.24, 2.45) is 0 Å². The predicted molar refractivity (Wildman–Crippen MR) is 136 cm³/mol. The van der Waals surface area contributed by atoms with Gasteiger partial charge in [0.1, 0.15) is 18.0 Å². The average molecular weight is 473 g/mol. The van der Waals surface area contributed by atoms with E-state index in [0.29, 0.717) is 18.6 Å². The molecule has 2 fully saturated rings. The first-order valence-corrected chi connectivity index (χ1v) is 12.6. The summed E-state index contributed by atoms with van der Waals surface area (Å²) in [5, 5.41) is 0. The van der Waals surface area contributed by atoms with E-state index in [2.05, 4.69) is 61.8 Å². The summed E-state index contributed by atoms with van der Waals surface area (Å²) in [7, 11) is 0. The van der Waals surface area contributed by atoms with E-state index in [0.717, 1.165) is 85.7 Å². The molecule has 2 saturated heterocycles. The van der Waals surface area contributed by atoms with Crippen LogP contribution in [0.3, 0.4) is 0 Å². The molecule has 0 radical (unpaired) electrons. The van der Waals surface area contributed by atoms with E-state index in [4.69, 9.17) is 14.7 Å². The van der Waals surface area contributed by atoms with Gasteiger partial charge in [0.2, 0.25) is 0 Å². The number of ether oxygens (including phenoxy) is 1. The molecule has 2 atom stereocenters. The number of morpholine rings is 1. The number of hydrogen-bond acceptors (Lipinski definition) is 9. The van der Waals surface area contributed by atoms with E-state index in [1.54, 1.807) is 6.33 Å². The Kier molecular flexibility index (Phi) is 5.95. The van der Waals surface area contributed by atoms with Crippen molar-refractivity contribution in [1.82, 2.24) is 25.4 Å². The largest absolute Gasteiger partial charge is 0.377 e. The van der Waals surface area contributed by atoms with Gasteiger partial charge in [-0.15, -0.1) is 0 Å². The van der Waals surface area contributed by atoms with Gasteiger partial charge in [0.25, 0.3) is 0 Å². The van der Waals surface area contributed by atoms with Crippen LogP contribution in [0.5, 0.6) is 0 Å². The van der Waals surface area contributed by atoms with Crippen LogP contribution in [-0.4, -0.2) is 58.3 Å². The third-order valence-corrected chi connectivity index (χ3v) is 7.19. The minimum absolute atomic E-state index is 0.398. The second-order valence-corrected chi connectivity index (χ2v) is 9.55. The number of aromatic nitrogens is 4. The lowest BCUT2D eigenvalue weighted by Crippen LogP contribution is -2.47. The first kappa shape index (κ1) is 22.2. The Bertz CT molecular complexity index is 1180. The molecule has 0 saturated carbocycles. The summed E-state index contributed by atoms with van der Waals surface area (Å²) in [6.45, 7) is 8.09. The number of hydrogen-bond donors (Lipinski definition) is 2. The molecule has 0 aliphatic carbocycles. The van der Waals surface area contributed by atoms with Crippen molar-refractivity contribution in [2.45, 2.75) is 51.7 Å². The number of nitrogens with zero attached hydrogens (tertiary/aromatic N) is 6. The third kappa shape index (κ3) is 4.30. The Morgan fingerprint density at radius 2 is 1.86 bits per heavy atom. The molecular weight excluding hydrogens is 440 g/mol. The van der Waals surface area contributed by atoms with Gasteiger partial charge in [-0.1, -0.05) is 6.92 Å². The van der Waals surface area contributed by atoms with Crippen LogP contribution in [0.25, 0.3) is 11.4 Å². The fraction of sp³-hybridized carbons (Fsp3) is 0.462. The molecule has 3 aliphatic rings. The summed E-state index contributed by atoms with van der Waals surface area (Å²) in [5.74, 6) is 2.84. The molecule has 2 N–H and O–H groups in total. The molecule has 0 spiro atoms. The number of aryl methyl sites for hydroxylation is 1. The smallest absolute Gasteiger partial charge is 0.161 e. The Morgan fingerprint density at radius 1 is 1.06 bits per heavy atom. The molecule has 3 aromatic rings. The van der Waals surface area contributed by atoms with E-state index in [-0.39, 0.29) is 0 Å². The van der Waals surface area contributed by atoms with Gasteiger partial charge in [-0.2, -0.15) is 0 Å². The summed E-state index contributed by atoms with van der Waals surface area (Å²) >= 11 is 0. The van der Waals surface area contributed by atoms with Crippen molar-refractivity contribution in [1.29, 1.82) is 0 Å². The van der Waals surface area contributed by atoms with Crippen molar-refractivity contribution in [2.75, 3.05) is 41.5 Å². The summed E-state index contributed by atoms with van der Waals surface area (Å²) in [5.41, 5.74) is 11.7. The van der Waals surface area contributed by atoms with Gasteiger partial charge in [-0.05, 0) is 50.5 Å². The van der Waals surface area contributed by atoms with Gasteiger partial charge in [0.15, 0.2) is 5.82 Å². The normalized spacial score (nSPS) is 21.2. The molecule has 3 aliphatic heterocycles. The minimum atomic E-state index is 0.398. The highest BCUT2D eigenvalue weighted by atomic mass is 16.5. The molecule has 9 nitrogen and oxygen atoms in total. The van der Waals surface area contributed by atoms with Crippen molar-refractivity contribution in [3.05, 3.63) is 53.6 Å². The molecule has 6 rings (SSSR count). The predicted octanol–water partition coefficient (Wildman–Crippen LogP) is 3.11. The number of hydrazine groups is 1. The Morgan fingerprint density at radius 3 is 2.60 bits per heavy atom. The number of nitrogens with one attached hydrogen (secondary N) is 2. The standard InChI is InChI=1S/C26H32N8O/c1-3-29-32-19-6-4-18(5-7-19)25-30-23-13-33(24-12-17(2)27-16-28-24)11-10-22(23)26(31-25)34-20-8-9-21(34)15-35-14-20/h4-7,12,16,20-21,29,32H,3,8-11,13-15H2,1-2H3. The molecule has 2 unspecified atom stereocenters. The lowest BCUT2D eigenvalue weighted by Gasteiger charge is -2.39. The summed E-state index contributed by atoms with van der Waals surface area (Å²) in [6.07, 6.45) is 4.87. The first-order chi connectivity index (χ1) is 17.2. The van der Waals surface area contributed by atoms with Crippen LogP contribution in [0, 0.1) is 6.92 Å². The van der Waals surface area contributed by atoms with E-state index in [1.807, 2.05) is 13.0 Å². The Hall–Kier alpha value is -3.30. The van der Waals surface area contributed by atoms with Crippen LogP contribution in [0.1, 0.15) is 36.7 Å². The molecule has 182 valence electrons. The highest BCUT2D eigenvalue weighted by Crippen LogP contribution is 2.38. The van der Waals surface area contributed by atoms with Gasteiger partial charge < -0.3 is 20.0 Å². The van der Waals surface area contributed by atoms with Crippen LogP contribution >= 0.6 is 0 Å². The molecule has 2 aromatic heterocycles. The lowest BCUT2D eigenvalue weighted by molar-refractivity contribution is 0.0901. The first-order valence-electron chi connectivity index (χ1n) is 12.6. The van der Waals surface area contributed by atoms with Crippen LogP contribution in [0.15, 0.2) is 36.7 Å². The van der Waals surface area contributed by atoms with Gasteiger partial charge >= 0.3 is 0 Å². The van der Waals surface area contributed by atoms with Crippen LogP contribution in [-0.2, 0) is 17.7 Å². The van der Waals surface area contributed by atoms with E-state index >= 15 is 0 Å². The zero-order valence-electron chi connectivity index (χ0n) is 20.4. The summed E-state index contributed by atoms with van der Waals surface area (Å²) in [4.78, 5) is 23.9. The number of benzene rings is 1. The van der Waals surface area contributed by atoms with Gasteiger partial charge in [-0.25, -0.2) is 25.4 Å². The maximum atomic E-state index is 5.88. The molecule has 9 heteroatoms. The molecule has 1 aromatic carbocycles. The van der Waals surface area contributed by atoms with Crippen LogP contribution < -0.4 is 20.7 Å². The minimum Gasteiger partial charge on any atom is -0.377 e. The number of fused-ring (bicyclic) bond motifs is 3. The average Bonchev–Trinajstić information content (AvgIpc) is 3.14. The molecule has 0 amide bonds. The second kappa shape index (κ2) is 9.39. The maximum absolute atomic E-state index is 5.88. The third-order valence-electron chi connectivity index (χ3n) is 7.19. The maximum Gasteiger partial charge on any atom is 0.161 e. The summed E-state index contributed by atoms with van der Waals surface area (Å²) in [6, 6.07) is 11.2. The summed E-state index contributed by atoms with van der Waals surface area (Å²) < 4.78 is 5.88. The fourth-order valence-electron chi connectivity index (χ4n) is 5.43. The zero-order valence-corrected chi connectivity index (χ0v) is 20.4. The van der Waals surface area contributed by atoms with Gasteiger partial charge in [0, 0.05) is 41.7 Å². The van der Waals surface area contributed by atoms with E-state index < -0.39 is 0 Å². The molecular formula is C26H32N8O.